The minimum absolute atomic E-state index is 0.0874. The van der Waals surface area contributed by atoms with Gasteiger partial charge in [0.1, 0.15) is 6.33 Å². The second kappa shape index (κ2) is 7.16. The number of benzene rings is 2. The molecule has 0 saturated heterocycles. The molecule has 0 fully saturated rings. The quantitative estimate of drug-likeness (QED) is 0.504. The van der Waals surface area contributed by atoms with Crippen LogP contribution in [-0.2, 0) is 6.54 Å². The van der Waals surface area contributed by atoms with Crippen molar-refractivity contribution in [2.75, 3.05) is 17.4 Å². The van der Waals surface area contributed by atoms with E-state index in [4.69, 9.17) is 9.47 Å². The fourth-order valence-corrected chi connectivity index (χ4v) is 2.67. The van der Waals surface area contributed by atoms with Crippen molar-refractivity contribution >= 4 is 23.0 Å². The van der Waals surface area contributed by atoms with Gasteiger partial charge in [-0.3, -0.25) is 10.1 Å². The van der Waals surface area contributed by atoms with Crippen molar-refractivity contribution in [1.29, 1.82) is 0 Å². The van der Waals surface area contributed by atoms with E-state index in [1.54, 1.807) is 18.2 Å². The van der Waals surface area contributed by atoms with Crippen LogP contribution < -0.4 is 20.1 Å². The summed E-state index contributed by atoms with van der Waals surface area (Å²) in [7, 11) is 0. The fraction of sp³-hybridized carbons (Fsp3) is 0.111. The molecule has 0 saturated carbocycles. The van der Waals surface area contributed by atoms with Gasteiger partial charge in [0.2, 0.25) is 18.4 Å². The Morgan fingerprint density at radius 2 is 1.81 bits per heavy atom. The van der Waals surface area contributed by atoms with Crippen LogP contribution in [-0.4, -0.2) is 21.7 Å². The summed E-state index contributed by atoms with van der Waals surface area (Å²) in [5, 5.41) is 17.6. The molecule has 0 bridgehead atoms. The van der Waals surface area contributed by atoms with E-state index in [1.807, 2.05) is 30.3 Å². The number of hydrogen-bond acceptors (Lipinski definition) is 8. The number of hydrogen-bond donors (Lipinski definition) is 2. The summed E-state index contributed by atoms with van der Waals surface area (Å²) >= 11 is 0. The third-order valence-corrected chi connectivity index (χ3v) is 3.94. The molecule has 1 aliphatic heterocycles. The Labute approximate surface area is 154 Å². The number of fused-ring (bicyclic) bond motifs is 1. The van der Waals surface area contributed by atoms with Crippen molar-refractivity contribution in [3.63, 3.8) is 0 Å². The van der Waals surface area contributed by atoms with Gasteiger partial charge >= 0.3 is 5.69 Å². The molecule has 9 nitrogen and oxygen atoms in total. The largest absolute Gasteiger partial charge is 0.454 e. The highest BCUT2D eigenvalue weighted by atomic mass is 16.7. The van der Waals surface area contributed by atoms with Gasteiger partial charge in [-0.1, -0.05) is 30.3 Å². The molecule has 4 rings (SSSR count). The summed E-state index contributed by atoms with van der Waals surface area (Å²) in [5.41, 5.74) is 1.34. The van der Waals surface area contributed by atoms with Gasteiger partial charge in [-0.25, -0.2) is 9.97 Å². The van der Waals surface area contributed by atoms with Gasteiger partial charge in [0.05, 0.1) is 4.92 Å². The zero-order valence-corrected chi connectivity index (χ0v) is 14.1. The first-order valence-corrected chi connectivity index (χ1v) is 8.14. The monoisotopic (exact) mass is 365 g/mol. The molecule has 3 aromatic rings. The van der Waals surface area contributed by atoms with Gasteiger partial charge in [-0.05, 0) is 17.7 Å². The molecule has 1 aliphatic rings. The molecule has 1 aromatic heterocycles. The molecule has 136 valence electrons. The number of nitro groups is 1. The number of nitrogens with one attached hydrogen (secondary N) is 2. The number of rotatable bonds is 6. The molecule has 0 aliphatic carbocycles. The van der Waals surface area contributed by atoms with Crippen molar-refractivity contribution < 1.29 is 14.4 Å². The summed E-state index contributed by atoms with van der Waals surface area (Å²) < 4.78 is 10.6. The van der Waals surface area contributed by atoms with E-state index in [9.17, 15) is 10.1 Å². The van der Waals surface area contributed by atoms with Crippen LogP contribution in [0.4, 0.5) is 23.0 Å². The Morgan fingerprint density at radius 3 is 2.63 bits per heavy atom. The highest BCUT2D eigenvalue weighted by Crippen LogP contribution is 2.37. The number of aromatic nitrogens is 2. The first-order chi connectivity index (χ1) is 13.2. The molecule has 0 amide bonds. The average molecular weight is 365 g/mol. The molecule has 27 heavy (non-hydrogen) atoms. The van der Waals surface area contributed by atoms with Crippen molar-refractivity contribution in [3.05, 3.63) is 70.5 Å². The topological polar surface area (TPSA) is 111 Å². The van der Waals surface area contributed by atoms with Crippen LogP contribution in [0.1, 0.15) is 5.56 Å². The van der Waals surface area contributed by atoms with E-state index >= 15 is 0 Å². The third-order valence-electron chi connectivity index (χ3n) is 3.94. The van der Waals surface area contributed by atoms with Gasteiger partial charge in [0, 0.05) is 18.3 Å². The normalized spacial score (nSPS) is 11.9. The van der Waals surface area contributed by atoms with Gasteiger partial charge in [-0.15, -0.1) is 0 Å². The maximum atomic E-state index is 11.6. The van der Waals surface area contributed by atoms with Gasteiger partial charge in [0.25, 0.3) is 0 Å². The first kappa shape index (κ1) is 16.6. The standard InChI is InChI=1S/C18H15N5O4/c24-23(25)16-17(19-9-12-4-2-1-3-5-12)20-10-21-18(16)22-13-6-7-14-15(8-13)27-11-26-14/h1-8,10H,9,11H2,(H2,19,20,21,22). The maximum absolute atomic E-state index is 11.6. The van der Waals surface area contributed by atoms with E-state index < -0.39 is 4.92 Å². The lowest BCUT2D eigenvalue weighted by Gasteiger charge is -2.10. The average Bonchev–Trinajstić information content (AvgIpc) is 3.15. The summed E-state index contributed by atoms with van der Waals surface area (Å²) in [5.74, 6) is 1.42. The molecule has 2 N–H and O–H groups in total. The Morgan fingerprint density at radius 1 is 1.04 bits per heavy atom. The lowest BCUT2D eigenvalue weighted by Crippen LogP contribution is -2.08. The lowest BCUT2D eigenvalue weighted by atomic mass is 10.2. The van der Waals surface area contributed by atoms with Gasteiger partial charge in [-0.2, -0.15) is 0 Å². The molecular formula is C18H15N5O4. The van der Waals surface area contributed by atoms with Gasteiger partial charge < -0.3 is 20.1 Å². The third kappa shape index (κ3) is 3.56. The van der Waals surface area contributed by atoms with Crippen LogP contribution in [0.3, 0.4) is 0 Å². The van der Waals surface area contributed by atoms with E-state index in [-0.39, 0.29) is 24.1 Å². The number of ether oxygens (including phenoxy) is 2. The Kier molecular flexibility index (Phi) is 4.40. The predicted octanol–water partition coefficient (Wildman–Crippen LogP) is 3.47. The number of nitrogens with zero attached hydrogens (tertiary/aromatic N) is 3. The SMILES string of the molecule is O=[N+]([O-])c1c(NCc2ccccc2)ncnc1Nc1ccc2c(c1)OCO2. The minimum Gasteiger partial charge on any atom is -0.454 e. The van der Waals surface area contributed by atoms with E-state index in [0.29, 0.717) is 23.7 Å². The van der Waals surface area contributed by atoms with Crippen LogP contribution in [0, 0.1) is 10.1 Å². The Balaban J connectivity index is 1.60. The zero-order chi connectivity index (χ0) is 18.6. The molecule has 0 spiro atoms. The second-order valence-corrected chi connectivity index (χ2v) is 5.71. The van der Waals surface area contributed by atoms with E-state index in [2.05, 4.69) is 20.6 Å². The summed E-state index contributed by atoms with van der Waals surface area (Å²) in [4.78, 5) is 19.2. The molecule has 2 aromatic carbocycles. The molecular weight excluding hydrogens is 350 g/mol. The molecule has 2 heterocycles. The van der Waals surface area contributed by atoms with Crippen molar-refractivity contribution in [3.8, 4) is 11.5 Å². The molecule has 9 heteroatoms. The molecule has 0 unspecified atom stereocenters. The Hall–Kier alpha value is -3.88. The second-order valence-electron chi connectivity index (χ2n) is 5.71. The summed E-state index contributed by atoms with van der Waals surface area (Å²) in [6.45, 7) is 0.558. The van der Waals surface area contributed by atoms with Crippen molar-refractivity contribution in [2.45, 2.75) is 6.54 Å². The van der Waals surface area contributed by atoms with Gasteiger partial charge in [0.15, 0.2) is 11.5 Å². The van der Waals surface area contributed by atoms with Crippen molar-refractivity contribution in [2.24, 2.45) is 0 Å². The zero-order valence-electron chi connectivity index (χ0n) is 14.1. The van der Waals surface area contributed by atoms with E-state index in [1.165, 1.54) is 6.33 Å². The van der Waals surface area contributed by atoms with Crippen LogP contribution >= 0.6 is 0 Å². The predicted molar refractivity (Wildman–Crippen MR) is 98.3 cm³/mol. The smallest absolute Gasteiger partial charge is 0.353 e. The Bertz CT molecular complexity index is 981. The van der Waals surface area contributed by atoms with Crippen LogP contribution in [0.5, 0.6) is 11.5 Å². The number of anilines is 3. The van der Waals surface area contributed by atoms with Crippen LogP contribution in [0.15, 0.2) is 54.9 Å². The van der Waals surface area contributed by atoms with Crippen molar-refractivity contribution in [1.82, 2.24) is 9.97 Å². The highest BCUT2D eigenvalue weighted by molar-refractivity contribution is 5.74. The molecule has 0 radical (unpaired) electrons. The summed E-state index contributed by atoms with van der Waals surface area (Å²) in [6.07, 6.45) is 1.27. The first-order valence-electron chi connectivity index (χ1n) is 8.14. The fourth-order valence-electron chi connectivity index (χ4n) is 2.67. The molecule has 0 atom stereocenters. The minimum atomic E-state index is -0.511. The highest BCUT2D eigenvalue weighted by Gasteiger charge is 2.23. The van der Waals surface area contributed by atoms with E-state index in [0.717, 1.165) is 5.56 Å². The maximum Gasteiger partial charge on any atom is 0.353 e. The summed E-state index contributed by atoms with van der Waals surface area (Å²) in [6, 6.07) is 14.7. The van der Waals surface area contributed by atoms with Crippen LogP contribution in [0.2, 0.25) is 0 Å². The lowest BCUT2D eigenvalue weighted by molar-refractivity contribution is -0.383. The van der Waals surface area contributed by atoms with Crippen LogP contribution in [0.25, 0.3) is 0 Å².